The van der Waals surface area contributed by atoms with E-state index in [1.54, 1.807) is 6.07 Å². The minimum atomic E-state index is -0.631. The molecule has 2 aromatic rings. The number of nitrogens with zero attached hydrogens (tertiary/aromatic N) is 2. The van der Waals surface area contributed by atoms with Gasteiger partial charge in [-0.15, -0.1) is 0 Å². The van der Waals surface area contributed by atoms with Crippen LogP contribution in [-0.2, 0) is 0 Å². The molecule has 108 valence electrons. The van der Waals surface area contributed by atoms with Gasteiger partial charge in [0.2, 0.25) is 0 Å². The van der Waals surface area contributed by atoms with Crippen molar-refractivity contribution < 1.29 is 9.72 Å². The zero-order chi connectivity index (χ0) is 15.6. The molecule has 0 spiro atoms. The number of nitrogens with one attached hydrogen (secondary N) is 1. The van der Waals surface area contributed by atoms with Crippen LogP contribution in [0.4, 0.5) is 11.5 Å². The molecule has 0 radical (unpaired) electrons. The maximum Gasteiger partial charge on any atom is 0.288 e. The lowest BCUT2D eigenvalue weighted by Crippen LogP contribution is -2.14. The van der Waals surface area contributed by atoms with Crippen LogP contribution >= 0.6 is 11.6 Å². The van der Waals surface area contributed by atoms with E-state index in [2.05, 4.69) is 10.3 Å². The molecule has 1 heterocycles. The van der Waals surface area contributed by atoms with Gasteiger partial charge >= 0.3 is 0 Å². The topological polar surface area (TPSA) is 85.1 Å². The van der Waals surface area contributed by atoms with Gasteiger partial charge in [-0.2, -0.15) is 0 Å². The molecule has 0 bridgehead atoms. The molecule has 1 N–H and O–H groups in total. The average Bonchev–Trinajstić information content (AvgIpc) is 2.37. The lowest BCUT2D eigenvalue weighted by Gasteiger charge is -2.08. The summed E-state index contributed by atoms with van der Waals surface area (Å²) in [7, 11) is 0. The summed E-state index contributed by atoms with van der Waals surface area (Å²) < 4.78 is 0. The Kier molecular flexibility index (Phi) is 4.18. The summed E-state index contributed by atoms with van der Waals surface area (Å²) in [6.07, 6.45) is 0. The number of amides is 1. The molecule has 0 aliphatic heterocycles. The highest BCUT2D eigenvalue weighted by atomic mass is 35.5. The Bertz CT molecular complexity index is 711. The van der Waals surface area contributed by atoms with Crippen LogP contribution in [0.1, 0.15) is 21.6 Å². The Hall–Kier alpha value is -2.47. The fraction of sp³-hybridized carbons (Fsp3) is 0.143. The Balaban J connectivity index is 2.33. The average molecular weight is 306 g/mol. The molecule has 0 unspecified atom stereocenters. The van der Waals surface area contributed by atoms with Crippen molar-refractivity contribution in [2.45, 2.75) is 13.8 Å². The van der Waals surface area contributed by atoms with Crippen molar-refractivity contribution in [1.82, 2.24) is 4.98 Å². The van der Waals surface area contributed by atoms with Gasteiger partial charge in [-0.1, -0.05) is 17.7 Å². The first-order chi connectivity index (χ1) is 9.88. The van der Waals surface area contributed by atoms with Gasteiger partial charge in [0.05, 0.1) is 10.5 Å². The number of rotatable bonds is 3. The van der Waals surface area contributed by atoms with Gasteiger partial charge in [0.25, 0.3) is 11.6 Å². The van der Waals surface area contributed by atoms with E-state index in [-0.39, 0.29) is 16.3 Å². The molecule has 0 aliphatic rings. The highest BCUT2D eigenvalue weighted by Gasteiger charge is 2.20. The van der Waals surface area contributed by atoms with Gasteiger partial charge in [-0.25, -0.2) is 4.98 Å². The number of anilines is 1. The number of aromatic nitrogens is 1. The van der Waals surface area contributed by atoms with Crippen LogP contribution in [0.2, 0.25) is 5.02 Å². The fourth-order valence-electron chi connectivity index (χ4n) is 1.93. The summed E-state index contributed by atoms with van der Waals surface area (Å²) in [5.74, 6) is -0.165. The second-order valence-corrected chi connectivity index (χ2v) is 4.90. The number of pyridine rings is 1. The van der Waals surface area contributed by atoms with E-state index in [9.17, 15) is 14.9 Å². The van der Waals surface area contributed by atoms with E-state index in [1.807, 2.05) is 19.9 Å². The monoisotopic (exact) mass is 305 g/mol. The third kappa shape index (κ3) is 3.35. The third-order valence-electron chi connectivity index (χ3n) is 2.76. The molecule has 6 nitrogen and oxygen atoms in total. The van der Waals surface area contributed by atoms with Crippen molar-refractivity contribution >= 4 is 29.0 Å². The number of nitro groups is 1. The van der Waals surface area contributed by atoms with Crippen LogP contribution in [0.5, 0.6) is 0 Å². The van der Waals surface area contributed by atoms with Gasteiger partial charge in [0.15, 0.2) is 0 Å². The molecule has 0 saturated heterocycles. The van der Waals surface area contributed by atoms with E-state index in [1.165, 1.54) is 18.2 Å². The number of benzene rings is 1. The normalized spacial score (nSPS) is 10.2. The van der Waals surface area contributed by atoms with Crippen LogP contribution in [0.25, 0.3) is 0 Å². The lowest BCUT2D eigenvalue weighted by atomic mass is 10.2. The second-order valence-electron chi connectivity index (χ2n) is 4.52. The van der Waals surface area contributed by atoms with Crippen molar-refractivity contribution in [2.24, 2.45) is 0 Å². The number of hydrogen-bond donors (Lipinski definition) is 1. The summed E-state index contributed by atoms with van der Waals surface area (Å²) in [6, 6.07) is 7.65. The number of carbonyl (C=O) groups excluding carboxylic acids is 1. The number of hydrogen-bond acceptors (Lipinski definition) is 4. The smallest absolute Gasteiger partial charge is 0.288 e. The first-order valence-corrected chi connectivity index (χ1v) is 6.46. The molecule has 1 aromatic heterocycles. The molecule has 0 atom stereocenters. The molecule has 1 aromatic carbocycles. The largest absolute Gasteiger partial charge is 0.306 e. The molecule has 0 fully saturated rings. The van der Waals surface area contributed by atoms with E-state index in [0.717, 1.165) is 11.3 Å². The number of nitro benzene ring substituents is 1. The zero-order valence-corrected chi connectivity index (χ0v) is 12.1. The molecular weight excluding hydrogens is 294 g/mol. The predicted octanol–water partition coefficient (Wildman–Crippen LogP) is 3.51. The minimum Gasteiger partial charge on any atom is -0.306 e. The molecule has 7 heteroatoms. The molecule has 0 saturated carbocycles. The fourth-order valence-corrected chi connectivity index (χ4v) is 2.21. The van der Waals surface area contributed by atoms with Gasteiger partial charge in [0.1, 0.15) is 10.8 Å². The Labute approximate surface area is 125 Å². The van der Waals surface area contributed by atoms with Crippen molar-refractivity contribution in [3.05, 3.63) is 62.3 Å². The number of halogens is 1. The van der Waals surface area contributed by atoms with Crippen molar-refractivity contribution in [1.29, 1.82) is 0 Å². The SMILES string of the molecule is Cc1cc(C)nc(NC(=O)c2cccc([N+](=O)[O-])c2Cl)c1. The van der Waals surface area contributed by atoms with Crippen molar-refractivity contribution in [3.63, 3.8) is 0 Å². The maximum absolute atomic E-state index is 12.2. The lowest BCUT2D eigenvalue weighted by molar-refractivity contribution is -0.384. The van der Waals surface area contributed by atoms with Crippen LogP contribution in [-0.4, -0.2) is 15.8 Å². The Morgan fingerprint density at radius 2 is 2.05 bits per heavy atom. The highest BCUT2D eigenvalue weighted by Crippen LogP contribution is 2.28. The highest BCUT2D eigenvalue weighted by molar-refractivity contribution is 6.36. The molecule has 21 heavy (non-hydrogen) atoms. The van der Waals surface area contributed by atoms with Crippen LogP contribution in [0, 0.1) is 24.0 Å². The summed E-state index contributed by atoms with van der Waals surface area (Å²) in [5.41, 5.74) is 1.43. The van der Waals surface area contributed by atoms with Crippen molar-refractivity contribution in [2.75, 3.05) is 5.32 Å². The van der Waals surface area contributed by atoms with Crippen LogP contribution in [0.3, 0.4) is 0 Å². The first-order valence-electron chi connectivity index (χ1n) is 6.08. The molecule has 2 rings (SSSR count). The van der Waals surface area contributed by atoms with Gasteiger partial charge in [-0.3, -0.25) is 14.9 Å². The Morgan fingerprint density at radius 1 is 1.33 bits per heavy atom. The second kappa shape index (κ2) is 5.88. The van der Waals surface area contributed by atoms with E-state index >= 15 is 0 Å². The quantitative estimate of drug-likeness (QED) is 0.694. The van der Waals surface area contributed by atoms with Crippen LogP contribution in [0.15, 0.2) is 30.3 Å². The van der Waals surface area contributed by atoms with Gasteiger partial charge in [-0.05, 0) is 37.6 Å². The Morgan fingerprint density at radius 3 is 2.67 bits per heavy atom. The molecule has 0 aliphatic carbocycles. The summed E-state index contributed by atoms with van der Waals surface area (Å²) in [4.78, 5) is 26.5. The predicted molar refractivity (Wildman–Crippen MR) is 79.8 cm³/mol. The maximum atomic E-state index is 12.2. The van der Waals surface area contributed by atoms with Gasteiger partial charge in [0, 0.05) is 11.8 Å². The third-order valence-corrected chi connectivity index (χ3v) is 3.16. The minimum absolute atomic E-state index is 0.0341. The van der Waals surface area contributed by atoms with E-state index < -0.39 is 10.8 Å². The first kappa shape index (κ1) is 14.9. The van der Waals surface area contributed by atoms with Crippen LogP contribution < -0.4 is 5.32 Å². The van der Waals surface area contributed by atoms with Crippen molar-refractivity contribution in [3.8, 4) is 0 Å². The zero-order valence-electron chi connectivity index (χ0n) is 11.4. The summed E-state index contributed by atoms with van der Waals surface area (Å²) in [6.45, 7) is 3.69. The summed E-state index contributed by atoms with van der Waals surface area (Å²) >= 11 is 5.90. The van der Waals surface area contributed by atoms with E-state index in [0.29, 0.717) is 5.82 Å². The van der Waals surface area contributed by atoms with Gasteiger partial charge < -0.3 is 5.32 Å². The van der Waals surface area contributed by atoms with E-state index in [4.69, 9.17) is 11.6 Å². The summed E-state index contributed by atoms with van der Waals surface area (Å²) in [5, 5.41) is 13.2. The molecular formula is C14H12ClN3O3. The standard InChI is InChI=1S/C14H12ClN3O3/c1-8-6-9(2)16-12(7-8)17-14(19)10-4-3-5-11(13(10)15)18(20)21/h3-7H,1-2H3,(H,16,17,19). The number of aryl methyl sites for hydroxylation is 2. The molecule has 1 amide bonds. The number of carbonyl (C=O) groups is 1.